The van der Waals surface area contributed by atoms with Crippen LogP contribution in [0.25, 0.3) is 0 Å². The fourth-order valence-electron chi connectivity index (χ4n) is 2.37. The molecular weight excluding hydrogens is 355 g/mol. The quantitative estimate of drug-likeness (QED) is 0.818. The third-order valence-electron chi connectivity index (χ3n) is 3.71. The lowest BCUT2D eigenvalue weighted by molar-refractivity contribution is -0.263. The first kappa shape index (κ1) is 19.4. The number of hydrogen-bond donors (Lipinski definition) is 2. The summed E-state index contributed by atoms with van der Waals surface area (Å²) in [5, 5.41) is 10.1. The molecule has 0 heterocycles. The van der Waals surface area contributed by atoms with E-state index in [0.717, 1.165) is 17.7 Å². The summed E-state index contributed by atoms with van der Waals surface area (Å²) in [5.41, 5.74) is -2.46. The normalized spacial score (nSPS) is 14.9. The molecule has 2 aromatic rings. The SMILES string of the molecule is Cc1cccc(CS(=O)(=O)NCC(O)(c2ccccc2)C(F)(F)F)c1. The maximum Gasteiger partial charge on any atom is 0.422 e. The van der Waals surface area contributed by atoms with Gasteiger partial charge in [-0.1, -0.05) is 60.2 Å². The molecule has 0 spiro atoms. The largest absolute Gasteiger partial charge is 0.422 e. The minimum absolute atomic E-state index is 0.430. The van der Waals surface area contributed by atoms with E-state index in [1.807, 2.05) is 4.72 Å². The summed E-state index contributed by atoms with van der Waals surface area (Å²) < 4.78 is 66.2. The molecule has 0 fully saturated rings. The second kappa shape index (κ2) is 7.15. The molecular formula is C17H18F3NO3S. The molecule has 136 valence electrons. The van der Waals surface area contributed by atoms with Crippen molar-refractivity contribution in [2.45, 2.75) is 24.5 Å². The predicted molar refractivity (Wildman–Crippen MR) is 88.2 cm³/mol. The van der Waals surface area contributed by atoms with Crippen molar-refractivity contribution in [2.75, 3.05) is 6.54 Å². The standard InChI is InChI=1S/C17H18F3NO3S/c1-13-6-5-7-14(10-13)11-25(23,24)21-12-16(22,17(18,19)20)15-8-3-2-4-9-15/h2-10,21-22H,11-12H2,1H3. The van der Waals surface area contributed by atoms with Crippen LogP contribution in [-0.4, -0.2) is 26.2 Å². The molecule has 1 atom stereocenters. The summed E-state index contributed by atoms with van der Waals surface area (Å²) in [6.07, 6.45) is -5.04. The maximum absolute atomic E-state index is 13.4. The molecule has 2 rings (SSSR count). The first-order chi connectivity index (χ1) is 11.5. The Balaban J connectivity index is 2.20. The van der Waals surface area contributed by atoms with Crippen LogP contribution in [0.2, 0.25) is 0 Å². The van der Waals surface area contributed by atoms with Gasteiger partial charge in [-0.15, -0.1) is 0 Å². The van der Waals surface area contributed by atoms with Crippen molar-refractivity contribution in [2.24, 2.45) is 0 Å². The molecule has 0 saturated heterocycles. The average molecular weight is 373 g/mol. The number of aliphatic hydroxyl groups is 1. The van der Waals surface area contributed by atoms with Crippen LogP contribution in [0.3, 0.4) is 0 Å². The van der Waals surface area contributed by atoms with Crippen molar-refractivity contribution in [3.05, 3.63) is 71.3 Å². The van der Waals surface area contributed by atoms with E-state index in [1.54, 1.807) is 31.2 Å². The first-order valence-electron chi connectivity index (χ1n) is 7.41. The van der Waals surface area contributed by atoms with E-state index in [4.69, 9.17) is 0 Å². The van der Waals surface area contributed by atoms with E-state index in [-0.39, 0.29) is 0 Å². The van der Waals surface area contributed by atoms with E-state index in [9.17, 15) is 26.7 Å². The van der Waals surface area contributed by atoms with Crippen LogP contribution in [0.5, 0.6) is 0 Å². The van der Waals surface area contributed by atoms with Crippen molar-refractivity contribution in [1.82, 2.24) is 4.72 Å². The van der Waals surface area contributed by atoms with Gasteiger partial charge in [-0.3, -0.25) is 0 Å². The molecule has 2 aromatic carbocycles. The van der Waals surface area contributed by atoms with Gasteiger partial charge in [-0.25, -0.2) is 13.1 Å². The molecule has 0 aliphatic heterocycles. The minimum Gasteiger partial charge on any atom is -0.375 e. The molecule has 8 heteroatoms. The molecule has 2 N–H and O–H groups in total. The number of aryl methyl sites for hydroxylation is 1. The number of nitrogens with one attached hydrogen (secondary N) is 1. The van der Waals surface area contributed by atoms with Crippen molar-refractivity contribution in [3.8, 4) is 0 Å². The van der Waals surface area contributed by atoms with Crippen LogP contribution in [0.15, 0.2) is 54.6 Å². The zero-order valence-corrected chi connectivity index (χ0v) is 14.2. The van der Waals surface area contributed by atoms with Crippen molar-refractivity contribution < 1.29 is 26.7 Å². The third-order valence-corrected chi connectivity index (χ3v) is 5.00. The molecule has 1 unspecified atom stereocenters. The average Bonchev–Trinajstić information content (AvgIpc) is 2.52. The zero-order valence-electron chi connectivity index (χ0n) is 13.4. The van der Waals surface area contributed by atoms with Crippen LogP contribution in [0, 0.1) is 6.92 Å². The Morgan fingerprint density at radius 1 is 1.04 bits per heavy atom. The number of alkyl halides is 3. The minimum atomic E-state index is -5.04. The number of halogens is 3. The summed E-state index contributed by atoms with van der Waals surface area (Å²) in [5.74, 6) is -0.475. The highest BCUT2D eigenvalue weighted by molar-refractivity contribution is 7.88. The molecule has 0 aliphatic carbocycles. The van der Waals surface area contributed by atoms with E-state index in [1.165, 1.54) is 18.2 Å². The number of rotatable bonds is 6. The lowest BCUT2D eigenvalue weighted by Gasteiger charge is -2.31. The Morgan fingerprint density at radius 2 is 1.68 bits per heavy atom. The van der Waals surface area contributed by atoms with Crippen molar-refractivity contribution >= 4 is 10.0 Å². The highest BCUT2D eigenvalue weighted by atomic mass is 32.2. The molecule has 0 saturated carbocycles. The Bertz CT molecular complexity index is 823. The number of sulfonamides is 1. The van der Waals surface area contributed by atoms with E-state index < -0.39 is 39.7 Å². The third kappa shape index (κ3) is 4.81. The second-order valence-electron chi connectivity index (χ2n) is 5.79. The molecule has 4 nitrogen and oxygen atoms in total. The van der Waals surface area contributed by atoms with Gasteiger partial charge in [0.2, 0.25) is 10.0 Å². The summed E-state index contributed by atoms with van der Waals surface area (Å²) in [4.78, 5) is 0. The zero-order chi connectivity index (χ0) is 18.7. The van der Waals surface area contributed by atoms with Gasteiger partial charge in [0.15, 0.2) is 5.60 Å². The smallest absolute Gasteiger partial charge is 0.375 e. The van der Waals surface area contributed by atoms with E-state index in [0.29, 0.717) is 5.56 Å². The summed E-state index contributed by atoms with van der Waals surface area (Å²) >= 11 is 0. The second-order valence-corrected chi connectivity index (χ2v) is 7.60. The van der Waals surface area contributed by atoms with Gasteiger partial charge in [0.1, 0.15) is 0 Å². The van der Waals surface area contributed by atoms with Crippen LogP contribution >= 0.6 is 0 Å². The van der Waals surface area contributed by atoms with Gasteiger partial charge in [-0.2, -0.15) is 13.2 Å². The molecule has 0 bridgehead atoms. The Kier molecular flexibility index (Phi) is 5.55. The monoisotopic (exact) mass is 373 g/mol. The Morgan fingerprint density at radius 3 is 2.24 bits per heavy atom. The summed E-state index contributed by atoms with van der Waals surface area (Å²) in [6.45, 7) is 0.579. The Labute approximate surface area is 144 Å². The Hall–Kier alpha value is -1.90. The van der Waals surface area contributed by atoms with Gasteiger partial charge in [-0.05, 0) is 18.1 Å². The lowest BCUT2D eigenvalue weighted by Crippen LogP contribution is -2.51. The maximum atomic E-state index is 13.4. The predicted octanol–water partition coefficient (Wildman–Crippen LogP) is 2.86. The van der Waals surface area contributed by atoms with Gasteiger partial charge in [0.05, 0.1) is 12.3 Å². The van der Waals surface area contributed by atoms with Crippen LogP contribution in [0.4, 0.5) is 13.2 Å². The van der Waals surface area contributed by atoms with E-state index >= 15 is 0 Å². The summed E-state index contributed by atoms with van der Waals surface area (Å²) in [6, 6.07) is 13.0. The highest BCUT2D eigenvalue weighted by Gasteiger charge is 2.55. The fraction of sp³-hybridized carbons (Fsp3) is 0.294. The van der Waals surface area contributed by atoms with Gasteiger partial charge in [0.25, 0.3) is 0 Å². The molecule has 0 radical (unpaired) electrons. The topological polar surface area (TPSA) is 66.4 Å². The van der Waals surface area contributed by atoms with Crippen LogP contribution < -0.4 is 4.72 Å². The fourth-order valence-corrected chi connectivity index (χ4v) is 3.52. The van der Waals surface area contributed by atoms with Crippen LogP contribution in [0.1, 0.15) is 16.7 Å². The molecule has 0 aromatic heterocycles. The van der Waals surface area contributed by atoms with Crippen molar-refractivity contribution in [3.63, 3.8) is 0 Å². The van der Waals surface area contributed by atoms with Crippen LogP contribution in [-0.2, 0) is 21.4 Å². The van der Waals surface area contributed by atoms with Crippen molar-refractivity contribution in [1.29, 1.82) is 0 Å². The molecule has 25 heavy (non-hydrogen) atoms. The molecule has 0 aliphatic rings. The first-order valence-corrected chi connectivity index (χ1v) is 9.06. The van der Waals surface area contributed by atoms with Gasteiger partial charge in [0, 0.05) is 0 Å². The number of benzene rings is 2. The molecule has 0 amide bonds. The van der Waals surface area contributed by atoms with Gasteiger partial charge < -0.3 is 5.11 Å². The number of hydrogen-bond acceptors (Lipinski definition) is 3. The summed E-state index contributed by atoms with van der Waals surface area (Å²) in [7, 11) is -4.06. The van der Waals surface area contributed by atoms with E-state index in [2.05, 4.69) is 0 Å². The lowest BCUT2D eigenvalue weighted by atomic mass is 9.93. The van der Waals surface area contributed by atoms with Gasteiger partial charge >= 0.3 is 6.18 Å². The highest BCUT2D eigenvalue weighted by Crippen LogP contribution is 2.38.